The van der Waals surface area contributed by atoms with Gasteiger partial charge in [0, 0.05) is 12.8 Å². The number of aliphatic carboxylic acids is 2. The Labute approximate surface area is 104 Å². The molecule has 2 N–H and O–H groups in total. The number of carbonyl (C=O) groups is 2. The summed E-state index contributed by atoms with van der Waals surface area (Å²) in [4.78, 5) is 21.0. The van der Waals surface area contributed by atoms with Crippen LogP contribution in [0.4, 0.5) is 0 Å². The van der Waals surface area contributed by atoms with Crippen molar-refractivity contribution in [3.63, 3.8) is 0 Å². The Kier molecular flexibility index (Phi) is 8.69. The van der Waals surface area contributed by atoms with Crippen LogP contribution in [-0.4, -0.2) is 22.2 Å². The van der Waals surface area contributed by atoms with Crippen LogP contribution in [0.15, 0.2) is 10.9 Å². The van der Waals surface area contributed by atoms with Gasteiger partial charge in [0.1, 0.15) is 0 Å². The SMILES string of the molecule is CCCCC(CCC(=O)O)=C(P)CCC(=O)O. The van der Waals surface area contributed by atoms with Crippen molar-refractivity contribution in [3.05, 3.63) is 10.9 Å². The third kappa shape index (κ3) is 8.87. The van der Waals surface area contributed by atoms with Crippen molar-refractivity contribution in [1.82, 2.24) is 0 Å². The Morgan fingerprint density at radius 1 is 0.941 bits per heavy atom. The molecule has 0 aliphatic carbocycles. The van der Waals surface area contributed by atoms with E-state index in [0.29, 0.717) is 12.8 Å². The predicted molar refractivity (Wildman–Crippen MR) is 70.0 cm³/mol. The van der Waals surface area contributed by atoms with Gasteiger partial charge >= 0.3 is 11.9 Å². The van der Waals surface area contributed by atoms with Crippen molar-refractivity contribution in [2.45, 2.75) is 51.9 Å². The lowest BCUT2D eigenvalue weighted by Gasteiger charge is -2.10. The highest BCUT2D eigenvalue weighted by Gasteiger charge is 2.07. The lowest BCUT2D eigenvalue weighted by atomic mass is 10.0. The average Bonchev–Trinajstić information content (AvgIpc) is 2.25. The van der Waals surface area contributed by atoms with Gasteiger partial charge in [-0.3, -0.25) is 9.59 Å². The summed E-state index contributed by atoms with van der Waals surface area (Å²) in [5.74, 6) is -1.63. The smallest absolute Gasteiger partial charge is 0.303 e. The summed E-state index contributed by atoms with van der Waals surface area (Å²) >= 11 is 0. The molecular formula is C12H21O4P. The molecule has 0 heterocycles. The van der Waals surface area contributed by atoms with Gasteiger partial charge in [0.05, 0.1) is 0 Å². The molecule has 0 saturated carbocycles. The van der Waals surface area contributed by atoms with Crippen LogP contribution in [0.3, 0.4) is 0 Å². The summed E-state index contributed by atoms with van der Waals surface area (Å²) in [5, 5.41) is 18.2. The Bertz CT molecular complexity index is 297. The van der Waals surface area contributed by atoms with Gasteiger partial charge in [-0.15, -0.1) is 9.24 Å². The zero-order chi connectivity index (χ0) is 13.3. The van der Waals surface area contributed by atoms with E-state index in [0.717, 1.165) is 30.1 Å². The molecule has 0 aliphatic heterocycles. The molecule has 0 bridgehead atoms. The van der Waals surface area contributed by atoms with E-state index in [-0.39, 0.29) is 12.8 Å². The summed E-state index contributed by atoms with van der Waals surface area (Å²) < 4.78 is 0. The summed E-state index contributed by atoms with van der Waals surface area (Å²) in [6.45, 7) is 2.08. The van der Waals surface area contributed by atoms with Crippen LogP contribution in [0, 0.1) is 0 Å². The van der Waals surface area contributed by atoms with Crippen LogP contribution in [0.5, 0.6) is 0 Å². The minimum absolute atomic E-state index is 0.0987. The van der Waals surface area contributed by atoms with Gasteiger partial charge in [-0.25, -0.2) is 0 Å². The number of hydrogen-bond donors (Lipinski definition) is 2. The van der Waals surface area contributed by atoms with E-state index in [2.05, 4.69) is 16.2 Å². The summed E-state index contributed by atoms with van der Waals surface area (Å²) in [6.07, 6.45) is 4.15. The quantitative estimate of drug-likeness (QED) is 0.625. The average molecular weight is 260 g/mol. The van der Waals surface area contributed by atoms with Crippen molar-refractivity contribution >= 4 is 21.2 Å². The van der Waals surface area contributed by atoms with E-state index in [1.807, 2.05) is 0 Å². The molecule has 1 unspecified atom stereocenters. The molecule has 0 radical (unpaired) electrons. The van der Waals surface area contributed by atoms with Gasteiger partial charge in [-0.1, -0.05) is 24.2 Å². The van der Waals surface area contributed by atoms with E-state index < -0.39 is 11.9 Å². The van der Waals surface area contributed by atoms with Crippen molar-refractivity contribution in [1.29, 1.82) is 0 Å². The van der Waals surface area contributed by atoms with Gasteiger partial charge < -0.3 is 10.2 Å². The highest BCUT2D eigenvalue weighted by atomic mass is 31.0. The first-order chi connectivity index (χ1) is 7.97. The second-order valence-corrected chi connectivity index (χ2v) is 4.72. The van der Waals surface area contributed by atoms with Crippen LogP contribution < -0.4 is 0 Å². The predicted octanol–water partition coefficient (Wildman–Crippen LogP) is 3.04. The summed E-state index contributed by atoms with van der Waals surface area (Å²) in [6, 6.07) is 0. The van der Waals surface area contributed by atoms with Crippen LogP contribution in [0.1, 0.15) is 51.9 Å². The maximum absolute atomic E-state index is 10.5. The third-order valence-electron chi connectivity index (χ3n) is 2.54. The fourth-order valence-electron chi connectivity index (χ4n) is 1.51. The largest absolute Gasteiger partial charge is 0.481 e. The molecule has 98 valence electrons. The van der Waals surface area contributed by atoms with Crippen molar-refractivity contribution in [3.8, 4) is 0 Å². The number of hydrogen-bond acceptors (Lipinski definition) is 2. The topological polar surface area (TPSA) is 74.6 Å². The molecule has 4 nitrogen and oxygen atoms in total. The van der Waals surface area contributed by atoms with E-state index in [4.69, 9.17) is 10.2 Å². The second kappa shape index (κ2) is 9.17. The third-order valence-corrected chi connectivity index (χ3v) is 3.23. The monoisotopic (exact) mass is 260 g/mol. The summed E-state index contributed by atoms with van der Waals surface area (Å²) in [5.41, 5.74) is 1.08. The minimum atomic E-state index is -0.821. The van der Waals surface area contributed by atoms with E-state index >= 15 is 0 Å². The molecule has 17 heavy (non-hydrogen) atoms. The van der Waals surface area contributed by atoms with Crippen molar-refractivity contribution < 1.29 is 19.8 Å². The van der Waals surface area contributed by atoms with Crippen LogP contribution in [0.25, 0.3) is 0 Å². The van der Waals surface area contributed by atoms with Crippen LogP contribution >= 0.6 is 9.24 Å². The fraction of sp³-hybridized carbons (Fsp3) is 0.667. The van der Waals surface area contributed by atoms with Crippen molar-refractivity contribution in [2.75, 3.05) is 0 Å². The lowest BCUT2D eigenvalue weighted by Crippen LogP contribution is -1.99. The highest BCUT2D eigenvalue weighted by molar-refractivity contribution is 7.22. The molecule has 0 aromatic carbocycles. The van der Waals surface area contributed by atoms with Gasteiger partial charge in [-0.2, -0.15) is 0 Å². The maximum Gasteiger partial charge on any atom is 0.303 e. The lowest BCUT2D eigenvalue weighted by molar-refractivity contribution is -0.138. The Morgan fingerprint density at radius 3 is 1.94 bits per heavy atom. The molecule has 0 aromatic heterocycles. The number of carboxylic acids is 2. The number of unbranched alkanes of at least 4 members (excludes halogenated alkanes) is 1. The summed E-state index contributed by atoms with van der Waals surface area (Å²) in [7, 11) is 2.56. The molecule has 0 amide bonds. The molecule has 5 heteroatoms. The Balaban J connectivity index is 4.43. The highest BCUT2D eigenvalue weighted by Crippen LogP contribution is 2.26. The number of rotatable bonds is 9. The van der Waals surface area contributed by atoms with Gasteiger partial charge in [-0.05, 0) is 25.7 Å². The molecule has 0 saturated heterocycles. The zero-order valence-electron chi connectivity index (χ0n) is 10.2. The van der Waals surface area contributed by atoms with Gasteiger partial charge in [0.2, 0.25) is 0 Å². The molecular weight excluding hydrogens is 239 g/mol. The normalized spacial score (nSPS) is 12.1. The van der Waals surface area contributed by atoms with Crippen LogP contribution in [0.2, 0.25) is 0 Å². The Morgan fingerprint density at radius 2 is 1.47 bits per heavy atom. The standard InChI is InChI=1S/C12H21O4P/c1-2-3-4-9(5-7-11(13)14)10(17)6-8-12(15)16/h2-8,17H2,1H3,(H,13,14)(H,15,16). The molecule has 0 aliphatic rings. The molecule has 0 aromatic rings. The van der Waals surface area contributed by atoms with Gasteiger partial charge in [0.15, 0.2) is 0 Å². The van der Waals surface area contributed by atoms with Crippen LogP contribution in [-0.2, 0) is 9.59 Å². The molecule has 0 spiro atoms. The van der Waals surface area contributed by atoms with Gasteiger partial charge in [0.25, 0.3) is 0 Å². The van der Waals surface area contributed by atoms with Crippen molar-refractivity contribution in [2.24, 2.45) is 0 Å². The second-order valence-electron chi connectivity index (χ2n) is 4.02. The number of allylic oxidation sites excluding steroid dienone is 2. The van der Waals surface area contributed by atoms with E-state index in [1.54, 1.807) is 0 Å². The van der Waals surface area contributed by atoms with E-state index in [1.165, 1.54) is 0 Å². The Hall–Kier alpha value is -0.890. The molecule has 0 fully saturated rings. The number of carboxylic acid groups (broad SMARTS) is 2. The minimum Gasteiger partial charge on any atom is -0.481 e. The first-order valence-electron chi connectivity index (χ1n) is 5.87. The molecule has 0 rings (SSSR count). The van der Waals surface area contributed by atoms with E-state index in [9.17, 15) is 9.59 Å². The maximum atomic E-state index is 10.5. The first kappa shape index (κ1) is 16.1. The zero-order valence-corrected chi connectivity index (χ0v) is 11.4. The first-order valence-corrected chi connectivity index (χ1v) is 6.45. The fourth-order valence-corrected chi connectivity index (χ4v) is 1.95. The molecule has 1 atom stereocenters.